The van der Waals surface area contributed by atoms with Crippen molar-refractivity contribution in [1.29, 1.82) is 0 Å². The Morgan fingerprint density at radius 2 is 2.46 bits per heavy atom. The van der Waals surface area contributed by atoms with Gasteiger partial charge < -0.3 is 10.5 Å². The lowest BCUT2D eigenvalue weighted by Crippen LogP contribution is -2.07. The summed E-state index contributed by atoms with van der Waals surface area (Å²) < 4.78 is 7.07. The molecular formula is C9H17N3O. The van der Waals surface area contributed by atoms with Gasteiger partial charge in [0, 0.05) is 24.4 Å². The van der Waals surface area contributed by atoms with E-state index in [1.807, 2.05) is 24.7 Å². The maximum absolute atomic E-state index is 5.70. The van der Waals surface area contributed by atoms with Gasteiger partial charge in [-0.05, 0) is 13.8 Å². The number of nitrogens with two attached hydrogens (primary N) is 1. The molecule has 0 spiro atoms. The zero-order valence-electron chi connectivity index (χ0n) is 8.23. The number of hydrogen-bond acceptors (Lipinski definition) is 3. The van der Waals surface area contributed by atoms with E-state index < -0.39 is 0 Å². The van der Waals surface area contributed by atoms with Crippen LogP contribution in [0.5, 0.6) is 0 Å². The number of ether oxygens (including phenoxy) is 1. The van der Waals surface area contributed by atoms with Crippen LogP contribution >= 0.6 is 0 Å². The van der Waals surface area contributed by atoms with E-state index in [-0.39, 0.29) is 6.04 Å². The molecule has 0 saturated heterocycles. The Morgan fingerprint density at radius 1 is 1.69 bits per heavy atom. The molecule has 1 heterocycles. The molecule has 0 aromatic carbocycles. The van der Waals surface area contributed by atoms with E-state index in [4.69, 9.17) is 10.5 Å². The van der Waals surface area contributed by atoms with Crippen LogP contribution in [-0.2, 0) is 11.3 Å². The van der Waals surface area contributed by atoms with E-state index in [0.717, 1.165) is 18.7 Å². The topological polar surface area (TPSA) is 53.1 Å². The van der Waals surface area contributed by atoms with Crippen molar-refractivity contribution in [2.75, 3.05) is 13.2 Å². The summed E-state index contributed by atoms with van der Waals surface area (Å²) in [5.41, 5.74) is 6.76. The van der Waals surface area contributed by atoms with E-state index in [1.165, 1.54) is 0 Å². The smallest absolute Gasteiger partial charge is 0.0662 e. The first-order chi connectivity index (χ1) is 6.24. The van der Waals surface area contributed by atoms with Gasteiger partial charge in [0.2, 0.25) is 0 Å². The highest BCUT2D eigenvalue weighted by atomic mass is 16.5. The van der Waals surface area contributed by atoms with Crippen molar-refractivity contribution in [2.45, 2.75) is 26.4 Å². The number of aromatic nitrogens is 2. The molecule has 13 heavy (non-hydrogen) atoms. The van der Waals surface area contributed by atoms with Gasteiger partial charge in [-0.1, -0.05) is 0 Å². The van der Waals surface area contributed by atoms with Crippen molar-refractivity contribution in [2.24, 2.45) is 5.73 Å². The lowest BCUT2D eigenvalue weighted by atomic mass is 10.2. The summed E-state index contributed by atoms with van der Waals surface area (Å²) in [5.74, 6) is 0. The van der Waals surface area contributed by atoms with Crippen molar-refractivity contribution in [3.8, 4) is 0 Å². The molecule has 0 aliphatic heterocycles. The standard InChI is InChI=1S/C9H17N3O/c1-3-13-5-4-12-7-9(6-11-12)8(2)10/h6-8H,3-5,10H2,1-2H3/t8-/m1/s1. The molecule has 74 valence electrons. The summed E-state index contributed by atoms with van der Waals surface area (Å²) in [6.07, 6.45) is 3.76. The maximum Gasteiger partial charge on any atom is 0.0662 e. The molecular weight excluding hydrogens is 166 g/mol. The minimum absolute atomic E-state index is 0.0563. The Bertz CT molecular complexity index is 245. The predicted octanol–water partition coefficient (Wildman–Crippen LogP) is 0.939. The van der Waals surface area contributed by atoms with Gasteiger partial charge in [0.25, 0.3) is 0 Å². The Hall–Kier alpha value is -0.870. The molecule has 4 heteroatoms. The van der Waals surface area contributed by atoms with Gasteiger partial charge in [0.15, 0.2) is 0 Å². The zero-order chi connectivity index (χ0) is 9.68. The van der Waals surface area contributed by atoms with Crippen LogP contribution in [0, 0.1) is 0 Å². The predicted molar refractivity (Wildman–Crippen MR) is 51.3 cm³/mol. The first-order valence-corrected chi connectivity index (χ1v) is 4.59. The van der Waals surface area contributed by atoms with Crippen LogP contribution < -0.4 is 5.73 Å². The van der Waals surface area contributed by atoms with Gasteiger partial charge in [-0.3, -0.25) is 4.68 Å². The van der Waals surface area contributed by atoms with Crippen LogP contribution in [0.15, 0.2) is 12.4 Å². The molecule has 1 atom stereocenters. The second kappa shape index (κ2) is 4.99. The first kappa shape index (κ1) is 10.2. The second-order valence-electron chi connectivity index (χ2n) is 3.02. The van der Waals surface area contributed by atoms with Crippen molar-refractivity contribution in [1.82, 2.24) is 9.78 Å². The molecule has 0 radical (unpaired) electrons. The highest BCUT2D eigenvalue weighted by molar-refractivity contribution is 5.07. The minimum atomic E-state index is 0.0563. The molecule has 0 saturated carbocycles. The summed E-state index contributed by atoms with van der Waals surface area (Å²) >= 11 is 0. The van der Waals surface area contributed by atoms with Crippen molar-refractivity contribution in [3.63, 3.8) is 0 Å². The molecule has 0 aliphatic carbocycles. The summed E-state index contributed by atoms with van der Waals surface area (Å²) in [5, 5.41) is 4.17. The molecule has 1 rings (SSSR count). The van der Waals surface area contributed by atoms with Gasteiger partial charge in [-0.25, -0.2) is 0 Å². The molecule has 0 bridgehead atoms. The second-order valence-corrected chi connectivity index (χ2v) is 3.02. The normalized spacial score (nSPS) is 13.2. The van der Waals surface area contributed by atoms with Crippen LogP contribution in [0.4, 0.5) is 0 Å². The minimum Gasteiger partial charge on any atom is -0.380 e. The van der Waals surface area contributed by atoms with Gasteiger partial charge in [0.05, 0.1) is 19.3 Å². The maximum atomic E-state index is 5.70. The lowest BCUT2D eigenvalue weighted by Gasteiger charge is -2.01. The number of rotatable bonds is 5. The fraction of sp³-hybridized carbons (Fsp3) is 0.667. The summed E-state index contributed by atoms with van der Waals surface area (Å²) in [6.45, 7) is 6.18. The third kappa shape index (κ3) is 3.16. The SMILES string of the molecule is CCOCCn1cc([C@@H](C)N)cn1. The largest absolute Gasteiger partial charge is 0.380 e. The molecule has 1 aromatic heterocycles. The van der Waals surface area contributed by atoms with Crippen LogP contribution in [0.3, 0.4) is 0 Å². The summed E-state index contributed by atoms with van der Waals surface area (Å²) in [6, 6.07) is 0.0563. The molecule has 2 N–H and O–H groups in total. The molecule has 0 amide bonds. The lowest BCUT2D eigenvalue weighted by molar-refractivity contribution is 0.136. The van der Waals surface area contributed by atoms with Crippen molar-refractivity contribution < 1.29 is 4.74 Å². The number of nitrogens with zero attached hydrogens (tertiary/aromatic N) is 2. The third-order valence-corrected chi connectivity index (χ3v) is 1.85. The fourth-order valence-corrected chi connectivity index (χ4v) is 1.04. The van der Waals surface area contributed by atoms with E-state index >= 15 is 0 Å². The Morgan fingerprint density at radius 3 is 3.00 bits per heavy atom. The number of hydrogen-bond donors (Lipinski definition) is 1. The molecule has 4 nitrogen and oxygen atoms in total. The Balaban J connectivity index is 2.40. The Kier molecular flexibility index (Phi) is 3.92. The Labute approximate surface area is 78.7 Å². The highest BCUT2D eigenvalue weighted by Gasteiger charge is 2.01. The average Bonchev–Trinajstić information content (AvgIpc) is 2.53. The quantitative estimate of drug-likeness (QED) is 0.691. The highest BCUT2D eigenvalue weighted by Crippen LogP contribution is 2.06. The molecule has 1 aromatic rings. The van der Waals surface area contributed by atoms with Gasteiger partial charge in [-0.15, -0.1) is 0 Å². The molecule has 0 fully saturated rings. The fourth-order valence-electron chi connectivity index (χ4n) is 1.04. The van der Waals surface area contributed by atoms with Gasteiger partial charge in [0.1, 0.15) is 0 Å². The van der Waals surface area contributed by atoms with E-state index in [2.05, 4.69) is 5.10 Å². The van der Waals surface area contributed by atoms with E-state index in [9.17, 15) is 0 Å². The first-order valence-electron chi connectivity index (χ1n) is 4.59. The zero-order valence-corrected chi connectivity index (χ0v) is 8.23. The van der Waals surface area contributed by atoms with Crippen LogP contribution in [0.2, 0.25) is 0 Å². The van der Waals surface area contributed by atoms with Crippen LogP contribution in [0.25, 0.3) is 0 Å². The molecule has 0 unspecified atom stereocenters. The third-order valence-electron chi connectivity index (χ3n) is 1.85. The van der Waals surface area contributed by atoms with Gasteiger partial charge in [-0.2, -0.15) is 5.10 Å². The van der Waals surface area contributed by atoms with Crippen LogP contribution in [0.1, 0.15) is 25.5 Å². The van der Waals surface area contributed by atoms with E-state index in [0.29, 0.717) is 6.61 Å². The molecule has 0 aliphatic rings. The summed E-state index contributed by atoms with van der Waals surface area (Å²) in [7, 11) is 0. The van der Waals surface area contributed by atoms with E-state index in [1.54, 1.807) is 6.20 Å². The van der Waals surface area contributed by atoms with Crippen molar-refractivity contribution in [3.05, 3.63) is 18.0 Å². The van der Waals surface area contributed by atoms with Crippen molar-refractivity contribution >= 4 is 0 Å². The average molecular weight is 183 g/mol. The monoisotopic (exact) mass is 183 g/mol. The van der Waals surface area contributed by atoms with Gasteiger partial charge >= 0.3 is 0 Å². The van der Waals surface area contributed by atoms with Crippen LogP contribution in [-0.4, -0.2) is 23.0 Å². The summed E-state index contributed by atoms with van der Waals surface area (Å²) in [4.78, 5) is 0.